The van der Waals surface area contributed by atoms with Crippen LogP contribution in [0.15, 0.2) is 46.8 Å². The zero-order chi connectivity index (χ0) is 24.9. The molecule has 0 spiro atoms. The second-order valence-corrected chi connectivity index (χ2v) is 11.5. The van der Waals surface area contributed by atoms with Gasteiger partial charge in [0, 0.05) is 5.56 Å². The second-order valence-electron chi connectivity index (χ2n) is 7.43. The van der Waals surface area contributed by atoms with Crippen molar-refractivity contribution >= 4 is 55.8 Å². The molecule has 0 saturated heterocycles. The fourth-order valence-electron chi connectivity index (χ4n) is 2.88. The number of aryl methyl sites for hydroxylation is 2. The van der Waals surface area contributed by atoms with Crippen LogP contribution in [0.4, 0.5) is 10.8 Å². The Morgan fingerprint density at radius 1 is 1.09 bits per heavy atom. The number of hydrogen-bond donors (Lipinski definition) is 1. The van der Waals surface area contributed by atoms with Gasteiger partial charge < -0.3 is 4.74 Å². The van der Waals surface area contributed by atoms with Gasteiger partial charge in [0.05, 0.1) is 31.4 Å². The molecule has 1 N–H and O–H groups in total. The number of hydrogen-bond acceptors (Lipinski definition) is 9. The monoisotopic (exact) mass is 520 g/mol. The van der Waals surface area contributed by atoms with E-state index in [2.05, 4.69) is 20.3 Å². The molecule has 0 bridgehead atoms. The van der Waals surface area contributed by atoms with Crippen molar-refractivity contribution in [2.75, 3.05) is 28.7 Å². The number of nitrogens with zero attached hydrogens (tertiary/aromatic N) is 3. The van der Waals surface area contributed by atoms with Crippen LogP contribution in [0.2, 0.25) is 0 Å². The first-order chi connectivity index (χ1) is 16.1. The number of anilines is 2. The molecule has 9 nitrogen and oxygen atoms in total. The molecule has 0 aliphatic rings. The summed E-state index contributed by atoms with van der Waals surface area (Å²) in [4.78, 5) is 23.8. The summed E-state index contributed by atoms with van der Waals surface area (Å²) < 4.78 is 31.3. The van der Waals surface area contributed by atoms with Gasteiger partial charge in [0.2, 0.25) is 15.2 Å². The number of ether oxygens (including phenoxy) is 1. The van der Waals surface area contributed by atoms with Gasteiger partial charge in [0.25, 0.3) is 5.91 Å². The van der Waals surface area contributed by atoms with Crippen molar-refractivity contribution < 1.29 is 22.7 Å². The van der Waals surface area contributed by atoms with Crippen molar-refractivity contribution in [1.82, 2.24) is 10.2 Å². The van der Waals surface area contributed by atoms with E-state index in [1.165, 1.54) is 29.4 Å². The standard InChI is InChI=1S/C22H24N4O5S3/c1-14-5-10-18(11-15(14)2)26(34(4,29)30)12-16-6-8-17(9-7-16)20(28)23-21-24-25-22(33-21)32-13-19(27)31-3/h5-11H,12-13H2,1-4H3,(H,23,24,28). The van der Waals surface area contributed by atoms with Crippen molar-refractivity contribution in [2.45, 2.75) is 24.7 Å². The summed E-state index contributed by atoms with van der Waals surface area (Å²) in [7, 11) is -2.21. The normalized spacial score (nSPS) is 11.2. The molecule has 0 saturated carbocycles. The molecule has 0 unspecified atom stereocenters. The Morgan fingerprint density at radius 3 is 2.41 bits per heavy atom. The van der Waals surface area contributed by atoms with Gasteiger partial charge in [0.15, 0.2) is 4.34 Å². The molecule has 1 heterocycles. The van der Waals surface area contributed by atoms with Crippen molar-refractivity contribution in [3.8, 4) is 0 Å². The molecule has 0 atom stereocenters. The van der Waals surface area contributed by atoms with Gasteiger partial charge in [0.1, 0.15) is 0 Å². The van der Waals surface area contributed by atoms with E-state index in [1.807, 2.05) is 26.0 Å². The lowest BCUT2D eigenvalue weighted by Crippen LogP contribution is -2.29. The van der Waals surface area contributed by atoms with Gasteiger partial charge in [-0.25, -0.2) is 8.42 Å². The minimum absolute atomic E-state index is 0.104. The van der Waals surface area contributed by atoms with Crippen molar-refractivity contribution in [1.29, 1.82) is 0 Å². The largest absolute Gasteiger partial charge is 0.468 e. The number of amides is 1. The summed E-state index contributed by atoms with van der Waals surface area (Å²) in [6, 6.07) is 12.2. The number of carbonyl (C=O) groups is 2. The van der Waals surface area contributed by atoms with Gasteiger partial charge in [-0.2, -0.15) is 0 Å². The summed E-state index contributed by atoms with van der Waals surface area (Å²) in [6.45, 7) is 4.04. The van der Waals surface area contributed by atoms with E-state index in [0.717, 1.165) is 28.0 Å². The highest BCUT2D eigenvalue weighted by Crippen LogP contribution is 2.26. The fourth-order valence-corrected chi connectivity index (χ4v) is 5.34. The minimum atomic E-state index is -3.51. The summed E-state index contributed by atoms with van der Waals surface area (Å²) >= 11 is 2.32. The first-order valence-electron chi connectivity index (χ1n) is 10.0. The number of aromatic nitrogens is 2. The lowest BCUT2D eigenvalue weighted by atomic mass is 10.1. The minimum Gasteiger partial charge on any atom is -0.468 e. The second kappa shape index (κ2) is 11.0. The predicted molar refractivity (Wildman–Crippen MR) is 134 cm³/mol. The Bertz CT molecular complexity index is 1290. The van der Waals surface area contributed by atoms with Crippen LogP contribution in [0.1, 0.15) is 27.0 Å². The van der Waals surface area contributed by atoms with E-state index in [1.54, 1.807) is 30.3 Å². The predicted octanol–water partition coefficient (Wildman–Crippen LogP) is 3.64. The maximum atomic E-state index is 12.6. The maximum Gasteiger partial charge on any atom is 0.316 e. The molecular weight excluding hydrogens is 496 g/mol. The molecule has 2 aromatic carbocycles. The summed E-state index contributed by atoms with van der Waals surface area (Å²) in [5.74, 6) is -0.646. The van der Waals surface area contributed by atoms with Crippen molar-refractivity contribution in [2.24, 2.45) is 0 Å². The van der Waals surface area contributed by atoms with E-state index >= 15 is 0 Å². The molecule has 0 radical (unpaired) electrons. The van der Waals surface area contributed by atoms with Crippen LogP contribution < -0.4 is 9.62 Å². The molecule has 0 aliphatic carbocycles. The Balaban J connectivity index is 1.67. The van der Waals surface area contributed by atoms with Gasteiger partial charge in [-0.15, -0.1) is 10.2 Å². The zero-order valence-electron chi connectivity index (χ0n) is 19.1. The molecule has 1 amide bonds. The van der Waals surface area contributed by atoms with Crippen LogP contribution in [0.5, 0.6) is 0 Å². The summed E-state index contributed by atoms with van der Waals surface area (Å²) in [5.41, 5.74) is 3.79. The number of rotatable bonds is 9. The topological polar surface area (TPSA) is 119 Å². The summed E-state index contributed by atoms with van der Waals surface area (Å²) in [5, 5.41) is 10.8. The molecular formula is C22H24N4O5S3. The lowest BCUT2D eigenvalue weighted by Gasteiger charge is -2.23. The van der Waals surface area contributed by atoms with Crippen molar-refractivity contribution in [3.05, 3.63) is 64.7 Å². The van der Waals surface area contributed by atoms with Gasteiger partial charge >= 0.3 is 5.97 Å². The number of methoxy groups -OCH3 is 1. The maximum absolute atomic E-state index is 12.6. The van der Waals surface area contributed by atoms with Crippen LogP contribution in [0.25, 0.3) is 0 Å². The first-order valence-corrected chi connectivity index (χ1v) is 13.7. The third kappa shape index (κ3) is 6.78. The van der Waals surface area contributed by atoms with Crippen LogP contribution in [0.3, 0.4) is 0 Å². The average molecular weight is 521 g/mol. The molecule has 3 rings (SSSR count). The summed E-state index contributed by atoms with van der Waals surface area (Å²) in [6.07, 6.45) is 1.17. The third-order valence-electron chi connectivity index (χ3n) is 4.89. The van der Waals surface area contributed by atoms with Crippen molar-refractivity contribution in [3.63, 3.8) is 0 Å². The van der Waals surface area contributed by atoms with Crippen LogP contribution >= 0.6 is 23.1 Å². The average Bonchev–Trinajstić information content (AvgIpc) is 3.24. The SMILES string of the molecule is COC(=O)CSc1nnc(NC(=O)c2ccc(CN(c3ccc(C)c(C)c3)S(C)(=O)=O)cc2)s1. The third-order valence-corrected chi connectivity index (χ3v) is 7.98. The quantitative estimate of drug-likeness (QED) is 0.258. The molecule has 12 heteroatoms. The Morgan fingerprint density at radius 2 is 1.79 bits per heavy atom. The van der Waals surface area contributed by atoms with Crippen LogP contribution in [0, 0.1) is 13.8 Å². The molecule has 1 aromatic heterocycles. The Hall–Kier alpha value is -2.96. The molecule has 3 aromatic rings. The smallest absolute Gasteiger partial charge is 0.316 e. The van der Waals surface area contributed by atoms with Crippen LogP contribution in [-0.2, 0) is 26.1 Å². The fraction of sp³-hybridized carbons (Fsp3) is 0.273. The van der Waals surface area contributed by atoms with E-state index in [-0.39, 0.29) is 24.2 Å². The number of esters is 1. The van der Waals surface area contributed by atoms with Gasteiger partial charge in [-0.3, -0.25) is 19.2 Å². The number of nitrogens with one attached hydrogen (secondary N) is 1. The molecule has 180 valence electrons. The van der Waals surface area contributed by atoms with Gasteiger partial charge in [-0.1, -0.05) is 41.3 Å². The van der Waals surface area contributed by atoms with E-state index in [9.17, 15) is 18.0 Å². The van der Waals surface area contributed by atoms with Crippen LogP contribution in [-0.4, -0.2) is 49.6 Å². The highest BCUT2D eigenvalue weighted by molar-refractivity contribution is 8.01. The molecule has 0 fully saturated rings. The number of benzene rings is 2. The number of thioether (sulfide) groups is 1. The van der Waals surface area contributed by atoms with E-state index in [4.69, 9.17) is 0 Å². The highest BCUT2D eigenvalue weighted by atomic mass is 32.2. The zero-order valence-corrected chi connectivity index (χ0v) is 21.5. The number of carbonyl (C=O) groups excluding carboxylic acids is 2. The lowest BCUT2D eigenvalue weighted by molar-refractivity contribution is -0.137. The number of sulfonamides is 1. The van der Waals surface area contributed by atoms with E-state index in [0.29, 0.717) is 20.7 Å². The van der Waals surface area contributed by atoms with E-state index < -0.39 is 10.0 Å². The highest BCUT2D eigenvalue weighted by Gasteiger charge is 2.19. The Kier molecular flexibility index (Phi) is 8.28. The molecule has 34 heavy (non-hydrogen) atoms. The Labute approximate surface area is 206 Å². The molecule has 0 aliphatic heterocycles. The van der Waals surface area contributed by atoms with Gasteiger partial charge in [-0.05, 0) is 54.8 Å². The first kappa shape index (κ1) is 25.7.